The van der Waals surface area contributed by atoms with Crippen LogP contribution in [0.2, 0.25) is 5.02 Å². The van der Waals surface area contributed by atoms with E-state index in [1.807, 2.05) is 11.5 Å². The molecule has 1 aromatic carbocycles. The molecular formula is C17H17ClFN5O2S2. The highest BCUT2D eigenvalue weighted by Crippen LogP contribution is 2.30. The van der Waals surface area contributed by atoms with Crippen LogP contribution in [0, 0.1) is 5.82 Å². The maximum Gasteiger partial charge on any atom is 0.236 e. The number of halogens is 2. The number of ether oxygens (including phenoxy) is 1. The predicted octanol–water partition coefficient (Wildman–Crippen LogP) is 4.42. The van der Waals surface area contributed by atoms with Crippen LogP contribution in [0.15, 0.2) is 34.9 Å². The molecule has 11 heteroatoms. The van der Waals surface area contributed by atoms with Crippen molar-refractivity contribution in [3.8, 4) is 5.75 Å². The lowest BCUT2D eigenvalue weighted by atomic mass is 10.3. The fourth-order valence-electron chi connectivity index (χ4n) is 2.39. The second kappa shape index (κ2) is 9.35. The maximum absolute atomic E-state index is 13.2. The number of hydrogen-bond acceptors (Lipinski definition) is 7. The highest BCUT2D eigenvalue weighted by molar-refractivity contribution is 7.99. The summed E-state index contributed by atoms with van der Waals surface area (Å²) in [5.41, 5.74) is 0. The molecule has 3 aromatic rings. The van der Waals surface area contributed by atoms with Crippen LogP contribution in [0.5, 0.6) is 5.75 Å². The zero-order valence-corrected chi connectivity index (χ0v) is 17.4. The SMILES string of the molecule is CCn1c(SCC(=O)Nc2nccs2)nnc1[C@H](C)Oc1ccc(F)cc1Cl. The molecule has 7 nitrogen and oxygen atoms in total. The quantitative estimate of drug-likeness (QED) is 0.521. The fourth-order valence-corrected chi connectivity index (χ4v) is 3.96. The Hall–Kier alpha value is -2.17. The lowest BCUT2D eigenvalue weighted by molar-refractivity contribution is -0.113. The number of benzene rings is 1. The summed E-state index contributed by atoms with van der Waals surface area (Å²) in [7, 11) is 0. The molecule has 1 amide bonds. The highest BCUT2D eigenvalue weighted by Gasteiger charge is 2.20. The van der Waals surface area contributed by atoms with Gasteiger partial charge in [-0.25, -0.2) is 9.37 Å². The van der Waals surface area contributed by atoms with Crippen LogP contribution >= 0.6 is 34.7 Å². The van der Waals surface area contributed by atoms with E-state index in [0.717, 1.165) is 0 Å². The number of aromatic nitrogens is 4. The highest BCUT2D eigenvalue weighted by atomic mass is 35.5. The van der Waals surface area contributed by atoms with Crippen molar-refractivity contribution in [3.05, 3.63) is 46.4 Å². The third-order valence-electron chi connectivity index (χ3n) is 3.63. The molecule has 2 heterocycles. The Bertz CT molecular complexity index is 951. The van der Waals surface area contributed by atoms with Crippen LogP contribution in [0.4, 0.5) is 9.52 Å². The van der Waals surface area contributed by atoms with Crippen molar-refractivity contribution in [1.82, 2.24) is 19.7 Å². The number of rotatable bonds is 8. The van der Waals surface area contributed by atoms with Gasteiger partial charge in [-0.15, -0.1) is 21.5 Å². The molecule has 0 fully saturated rings. The minimum atomic E-state index is -0.464. The van der Waals surface area contributed by atoms with Crippen LogP contribution in [-0.4, -0.2) is 31.4 Å². The van der Waals surface area contributed by atoms with Gasteiger partial charge in [0.25, 0.3) is 0 Å². The molecule has 0 aliphatic carbocycles. The van der Waals surface area contributed by atoms with E-state index in [1.54, 1.807) is 18.5 Å². The van der Waals surface area contributed by atoms with Crippen LogP contribution in [0.3, 0.4) is 0 Å². The van der Waals surface area contributed by atoms with Crippen molar-refractivity contribution in [2.45, 2.75) is 31.7 Å². The maximum atomic E-state index is 13.2. The summed E-state index contributed by atoms with van der Waals surface area (Å²) >= 11 is 8.65. The summed E-state index contributed by atoms with van der Waals surface area (Å²) in [6, 6.07) is 3.94. The summed E-state index contributed by atoms with van der Waals surface area (Å²) in [6.07, 6.45) is 1.16. The van der Waals surface area contributed by atoms with Crippen LogP contribution < -0.4 is 10.1 Å². The number of anilines is 1. The molecule has 0 unspecified atom stereocenters. The van der Waals surface area contributed by atoms with E-state index in [1.165, 1.54) is 41.3 Å². The summed E-state index contributed by atoms with van der Waals surface area (Å²) < 4.78 is 20.9. The molecule has 148 valence electrons. The molecule has 0 spiro atoms. The minimum Gasteiger partial charge on any atom is -0.481 e. The first-order valence-electron chi connectivity index (χ1n) is 8.35. The van der Waals surface area contributed by atoms with E-state index in [0.29, 0.717) is 28.4 Å². The van der Waals surface area contributed by atoms with Gasteiger partial charge in [-0.3, -0.25) is 4.79 Å². The number of amides is 1. The number of thiazole rings is 1. The second-order valence-electron chi connectivity index (χ2n) is 5.59. The Balaban J connectivity index is 1.66. The van der Waals surface area contributed by atoms with Gasteiger partial charge in [0, 0.05) is 18.1 Å². The monoisotopic (exact) mass is 441 g/mol. The Morgan fingerprint density at radius 3 is 2.96 bits per heavy atom. The average Bonchev–Trinajstić information content (AvgIpc) is 3.31. The molecule has 0 aliphatic rings. The van der Waals surface area contributed by atoms with Crippen molar-refractivity contribution in [2.24, 2.45) is 0 Å². The van der Waals surface area contributed by atoms with E-state index < -0.39 is 11.9 Å². The van der Waals surface area contributed by atoms with Gasteiger partial charge in [-0.05, 0) is 32.0 Å². The Morgan fingerprint density at radius 2 is 2.29 bits per heavy atom. The molecule has 0 saturated carbocycles. The molecule has 0 aliphatic heterocycles. The van der Waals surface area contributed by atoms with E-state index in [9.17, 15) is 9.18 Å². The predicted molar refractivity (Wildman–Crippen MR) is 108 cm³/mol. The number of nitrogens with zero attached hydrogens (tertiary/aromatic N) is 4. The number of hydrogen-bond donors (Lipinski definition) is 1. The molecule has 1 N–H and O–H groups in total. The third-order valence-corrected chi connectivity index (χ3v) is 5.58. The van der Waals surface area contributed by atoms with E-state index in [4.69, 9.17) is 16.3 Å². The number of thioether (sulfide) groups is 1. The van der Waals surface area contributed by atoms with E-state index in [-0.39, 0.29) is 16.7 Å². The van der Waals surface area contributed by atoms with Gasteiger partial charge in [0.15, 0.2) is 22.2 Å². The Morgan fingerprint density at radius 1 is 1.46 bits per heavy atom. The number of carbonyl (C=O) groups excluding carboxylic acids is 1. The smallest absolute Gasteiger partial charge is 0.236 e. The molecule has 0 radical (unpaired) electrons. The topological polar surface area (TPSA) is 81.9 Å². The summed E-state index contributed by atoms with van der Waals surface area (Å²) in [5, 5.41) is 14.2. The van der Waals surface area contributed by atoms with Gasteiger partial charge in [-0.1, -0.05) is 23.4 Å². The first-order chi connectivity index (χ1) is 13.5. The Kier molecular flexibility index (Phi) is 6.87. The van der Waals surface area contributed by atoms with Gasteiger partial charge in [0.2, 0.25) is 5.91 Å². The molecule has 2 aromatic heterocycles. The standard InChI is InChI=1S/C17H17ClFN5O2S2/c1-3-24-15(10(2)26-13-5-4-11(19)8-12(13)18)22-23-17(24)28-9-14(25)21-16-20-6-7-27-16/h4-8,10H,3,9H2,1-2H3,(H,20,21,25)/t10-/m0/s1. The molecule has 0 bridgehead atoms. The molecule has 3 rings (SSSR count). The molecule has 1 atom stereocenters. The van der Waals surface area contributed by atoms with Gasteiger partial charge < -0.3 is 14.6 Å². The minimum absolute atomic E-state index is 0.172. The van der Waals surface area contributed by atoms with E-state index in [2.05, 4.69) is 20.5 Å². The van der Waals surface area contributed by atoms with Gasteiger partial charge in [-0.2, -0.15) is 0 Å². The van der Waals surface area contributed by atoms with Gasteiger partial charge in [0.1, 0.15) is 11.6 Å². The summed E-state index contributed by atoms with van der Waals surface area (Å²) in [4.78, 5) is 16.1. The van der Waals surface area contributed by atoms with Crippen molar-refractivity contribution >= 4 is 45.7 Å². The normalized spacial score (nSPS) is 12.0. The average molecular weight is 442 g/mol. The first kappa shape index (κ1) is 20.6. The fraction of sp³-hybridized carbons (Fsp3) is 0.294. The molecule has 28 heavy (non-hydrogen) atoms. The van der Waals surface area contributed by atoms with Crippen LogP contribution in [0.1, 0.15) is 25.8 Å². The second-order valence-corrected chi connectivity index (χ2v) is 7.84. The lowest BCUT2D eigenvalue weighted by Crippen LogP contribution is -2.15. The van der Waals surface area contributed by atoms with Crippen molar-refractivity contribution < 1.29 is 13.9 Å². The number of nitrogens with one attached hydrogen (secondary N) is 1. The zero-order chi connectivity index (χ0) is 20.1. The number of carbonyl (C=O) groups is 1. The largest absolute Gasteiger partial charge is 0.481 e. The third kappa shape index (κ3) is 5.00. The molecular weight excluding hydrogens is 425 g/mol. The van der Waals surface area contributed by atoms with Crippen molar-refractivity contribution in [1.29, 1.82) is 0 Å². The van der Waals surface area contributed by atoms with Gasteiger partial charge >= 0.3 is 0 Å². The molecule has 0 saturated heterocycles. The van der Waals surface area contributed by atoms with E-state index >= 15 is 0 Å². The van der Waals surface area contributed by atoms with Crippen molar-refractivity contribution in [2.75, 3.05) is 11.1 Å². The van der Waals surface area contributed by atoms with Crippen LogP contribution in [0.25, 0.3) is 0 Å². The van der Waals surface area contributed by atoms with Crippen LogP contribution in [-0.2, 0) is 11.3 Å². The first-order valence-corrected chi connectivity index (χ1v) is 10.6. The lowest BCUT2D eigenvalue weighted by Gasteiger charge is -2.16. The zero-order valence-electron chi connectivity index (χ0n) is 15.1. The van der Waals surface area contributed by atoms with Crippen molar-refractivity contribution in [3.63, 3.8) is 0 Å². The summed E-state index contributed by atoms with van der Waals surface area (Å²) in [5.74, 6) is 0.520. The summed E-state index contributed by atoms with van der Waals surface area (Å²) in [6.45, 7) is 4.35. The Labute approximate surface area is 174 Å². The van der Waals surface area contributed by atoms with Gasteiger partial charge in [0.05, 0.1) is 10.8 Å².